The quantitative estimate of drug-likeness (QED) is 0.575. The van der Waals surface area contributed by atoms with E-state index >= 15 is 0 Å². The third-order valence-corrected chi connectivity index (χ3v) is 4.08. The zero-order valence-corrected chi connectivity index (χ0v) is 14.9. The molecule has 0 fully saturated rings. The Labute approximate surface area is 153 Å². The van der Waals surface area contributed by atoms with Gasteiger partial charge in [0.25, 0.3) is 5.91 Å². The maximum Gasteiger partial charge on any atom is 0.387 e. The van der Waals surface area contributed by atoms with Crippen molar-refractivity contribution in [1.29, 1.82) is 0 Å². The second-order valence-corrected chi connectivity index (χ2v) is 6.02. The van der Waals surface area contributed by atoms with E-state index in [9.17, 15) is 18.4 Å². The molecule has 0 aromatic heterocycles. The van der Waals surface area contributed by atoms with E-state index in [2.05, 4.69) is 10.1 Å². The molecule has 1 atom stereocenters. The molecule has 138 valence electrons. The van der Waals surface area contributed by atoms with Crippen LogP contribution in [0.4, 0.5) is 14.5 Å². The van der Waals surface area contributed by atoms with Gasteiger partial charge in [-0.3, -0.25) is 4.79 Å². The lowest BCUT2D eigenvalue weighted by molar-refractivity contribution is -0.123. The van der Waals surface area contributed by atoms with Crippen molar-refractivity contribution in [3.05, 3.63) is 54.1 Å². The lowest BCUT2D eigenvalue weighted by Crippen LogP contribution is -2.30. The van der Waals surface area contributed by atoms with Gasteiger partial charge < -0.3 is 14.8 Å². The molecule has 2 aromatic rings. The maximum absolute atomic E-state index is 12.4. The maximum atomic E-state index is 12.4. The summed E-state index contributed by atoms with van der Waals surface area (Å²) in [6.07, 6.45) is 0.789. The second-order valence-electron chi connectivity index (χ2n) is 5.14. The van der Waals surface area contributed by atoms with E-state index in [0.717, 1.165) is 4.90 Å². The second kappa shape index (κ2) is 9.19. The fraction of sp³-hybridized carbons (Fsp3) is 0.222. The first kappa shape index (κ1) is 19.7. The Kier molecular flexibility index (Phi) is 6.97. The van der Waals surface area contributed by atoms with Gasteiger partial charge in [-0.15, -0.1) is 11.8 Å². The molecule has 0 radical (unpaired) electrons. The Morgan fingerprint density at radius 3 is 2.35 bits per heavy atom. The normalized spacial score (nSPS) is 11.7. The molecule has 1 N–H and O–H groups in total. The topological polar surface area (TPSA) is 64.6 Å². The molecule has 8 heteroatoms. The predicted molar refractivity (Wildman–Crippen MR) is 94.8 cm³/mol. The SMILES string of the molecule is CSc1ccc(C(=O)O[C@@H](C)C(=O)Nc2ccccc2OC(F)F)cc1. The number of hydrogen-bond acceptors (Lipinski definition) is 5. The molecule has 0 aliphatic carbocycles. The van der Waals surface area contributed by atoms with Gasteiger partial charge in [-0.05, 0) is 49.6 Å². The van der Waals surface area contributed by atoms with Crippen molar-refractivity contribution >= 4 is 29.3 Å². The molecule has 5 nitrogen and oxygen atoms in total. The Hall–Kier alpha value is -2.61. The van der Waals surface area contributed by atoms with Gasteiger partial charge in [0.2, 0.25) is 0 Å². The van der Waals surface area contributed by atoms with Crippen molar-refractivity contribution in [2.75, 3.05) is 11.6 Å². The Morgan fingerprint density at radius 2 is 1.73 bits per heavy atom. The molecule has 26 heavy (non-hydrogen) atoms. The summed E-state index contributed by atoms with van der Waals surface area (Å²) in [7, 11) is 0. The smallest absolute Gasteiger partial charge is 0.387 e. The Morgan fingerprint density at radius 1 is 1.08 bits per heavy atom. The van der Waals surface area contributed by atoms with Crippen LogP contribution in [-0.2, 0) is 9.53 Å². The Balaban J connectivity index is 2.00. The number of nitrogens with one attached hydrogen (secondary N) is 1. The first-order chi connectivity index (χ1) is 12.4. The van der Waals surface area contributed by atoms with Crippen LogP contribution in [0.3, 0.4) is 0 Å². The van der Waals surface area contributed by atoms with Crippen LogP contribution < -0.4 is 10.1 Å². The molecule has 2 rings (SSSR count). The number of esters is 1. The van der Waals surface area contributed by atoms with E-state index in [4.69, 9.17) is 4.74 Å². The van der Waals surface area contributed by atoms with Crippen molar-refractivity contribution in [3.63, 3.8) is 0 Å². The number of ether oxygens (including phenoxy) is 2. The molecule has 0 saturated heterocycles. The van der Waals surface area contributed by atoms with Crippen LogP contribution >= 0.6 is 11.8 Å². The number of carbonyl (C=O) groups is 2. The Bertz CT molecular complexity index is 768. The van der Waals surface area contributed by atoms with E-state index in [-0.39, 0.29) is 11.4 Å². The van der Waals surface area contributed by atoms with Gasteiger partial charge in [0.15, 0.2) is 6.10 Å². The summed E-state index contributed by atoms with van der Waals surface area (Å²) in [6.45, 7) is -1.63. The number of thioether (sulfide) groups is 1. The number of carbonyl (C=O) groups excluding carboxylic acids is 2. The fourth-order valence-electron chi connectivity index (χ4n) is 2.01. The highest BCUT2D eigenvalue weighted by molar-refractivity contribution is 7.98. The minimum Gasteiger partial charge on any atom is -0.449 e. The van der Waals surface area contributed by atoms with E-state index in [0.29, 0.717) is 5.56 Å². The average molecular weight is 381 g/mol. The van der Waals surface area contributed by atoms with Crippen LogP contribution in [-0.4, -0.2) is 30.8 Å². The summed E-state index contributed by atoms with van der Waals surface area (Å²) >= 11 is 1.53. The molecule has 0 heterocycles. The first-order valence-electron chi connectivity index (χ1n) is 7.60. The van der Waals surface area contributed by atoms with Gasteiger partial charge in [0.1, 0.15) is 5.75 Å². The third kappa shape index (κ3) is 5.45. The first-order valence-corrected chi connectivity index (χ1v) is 8.83. The molecule has 2 aromatic carbocycles. The lowest BCUT2D eigenvalue weighted by atomic mass is 10.2. The largest absolute Gasteiger partial charge is 0.449 e. The summed E-state index contributed by atoms with van der Waals surface area (Å²) in [5, 5.41) is 2.41. The van der Waals surface area contributed by atoms with Crippen LogP contribution in [0, 0.1) is 0 Å². The third-order valence-electron chi connectivity index (χ3n) is 3.34. The molecule has 0 aliphatic heterocycles. The summed E-state index contributed by atoms with van der Waals surface area (Å²) in [6, 6.07) is 12.5. The van der Waals surface area contributed by atoms with Crippen LogP contribution in [0.25, 0.3) is 0 Å². The molecule has 0 spiro atoms. The van der Waals surface area contributed by atoms with E-state index in [1.54, 1.807) is 30.3 Å². The molecule has 1 amide bonds. The molecule has 0 saturated carbocycles. The average Bonchev–Trinajstić information content (AvgIpc) is 2.62. The zero-order chi connectivity index (χ0) is 19.1. The van der Waals surface area contributed by atoms with Crippen LogP contribution in [0.5, 0.6) is 5.75 Å². The monoisotopic (exact) mass is 381 g/mol. The van der Waals surface area contributed by atoms with E-state index in [1.165, 1.54) is 36.9 Å². The van der Waals surface area contributed by atoms with Crippen LogP contribution in [0.1, 0.15) is 17.3 Å². The molecular weight excluding hydrogens is 364 g/mol. The molecular formula is C18H17F2NO4S. The number of amides is 1. The summed E-state index contributed by atoms with van der Waals surface area (Å²) in [5.41, 5.74) is 0.369. The van der Waals surface area contributed by atoms with E-state index < -0.39 is 24.6 Å². The van der Waals surface area contributed by atoms with Crippen LogP contribution in [0.15, 0.2) is 53.4 Å². The van der Waals surface area contributed by atoms with Crippen molar-refractivity contribution in [3.8, 4) is 5.75 Å². The van der Waals surface area contributed by atoms with E-state index in [1.807, 2.05) is 6.26 Å². The van der Waals surface area contributed by atoms with Crippen molar-refractivity contribution in [2.24, 2.45) is 0 Å². The number of alkyl halides is 2. The number of para-hydroxylation sites is 2. The highest BCUT2D eigenvalue weighted by Gasteiger charge is 2.20. The summed E-state index contributed by atoms with van der Waals surface area (Å²) in [4.78, 5) is 25.3. The summed E-state index contributed by atoms with van der Waals surface area (Å²) < 4.78 is 34.3. The standard InChI is InChI=1S/C18H17F2NO4S/c1-11(24-17(23)12-7-9-13(26-2)10-8-12)16(22)21-14-5-3-4-6-15(14)25-18(19)20/h3-11,18H,1-2H3,(H,21,22)/t11-/m0/s1. The van der Waals surface area contributed by atoms with Gasteiger partial charge in [-0.25, -0.2) is 4.79 Å². The molecule has 0 unspecified atom stereocenters. The van der Waals surface area contributed by atoms with Crippen molar-refractivity contribution in [1.82, 2.24) is 0 Å². The number of rotatable bonds is 7. The summed E-state index contributed by atoms with van der Waals surface area (Å²) in [5.74, 6) is -1.50. The predicted octanol–water partition coefficient (Wildman–Crippen LogP) is 4.19. The minimum absolute atomic E-state index is 0.0602. The molecule has 0 aliphatic rings. The molecule has 0 bridgehead atoms. The van der Waals surface area contributed by atoms with Gasteiger partial charge in [0.05, 0.1) is 11.3 Å². The fourth-order valence-corrected chi connectivity index (χ4v) is 2.42. The number of hydrogen-bond donors (Lipinski definition) is 1. The number of anilines is 1. The lowest BCUT2D eigenvalue weighted by Gasteiger charge is -2.15. The van der Waals surface area contributed by atoms with Crippen molar-refractivity contribution in [2.45, 2.75) is 24.5 Å². The zero-order valence-electron chi connectivity index (χ0n) is 14.1. The van der Waals surface area contributed by atoms with Gasteiger partial charge in [-0.2, -0.15) is 8.78 Å². The minimum atomic E-state index is -3.02. The van der Waals surface area contributed by atoms with Crippen molar-refractivity contribution < 1.29 is 27.8 Å². The highest BCUT2D eigenvalue weighted by Crippen LogP contribution is 2.25. The highest BCUT2D eigenvalue weighted by atomic mass is 32.2. The number of halogens is 2. The van der Waals surface area contributed by atoms with Gasteiger partial charge in [0, 0.05) is 4.90 Å². The number of benzene rings is 2. The van der Waals surface area contributed by atoms with Crippen LogP contribution in [0.2, 0.25) is 0 Å². The van der Waals surface area contributed by atoms with Gasteiger partial charge in [-0.1, -0.05) is 12.1 Å². The van der Waals surface area contributed by atoms with Gasteiger partial charge >= 0.3 is 12.6 Å².